The van der Waals surface area contributed by atoms with Gasteiger partial charge < -0.3 is 15.2 Å². The molecule has 0 fully saturated rings. The summed E-state index contributed by atoms with van der Waals surface area (Å²) in [4.78, 5) is 10.8. The van der Waals surface area contributed by atoms with Crippen molar-refractivity contribution in [2.24, 2.45) is 5.73 Å². The maximum Gasteiger partial charge on any atom is 0.183 e. The first-order valence-corrected chi connectivity index (χ1v) is 3.68. The third-order valence-electron chi connectivity index (χ3n) is 0.992. The van der Waals surface area contributed by atoms with Crippen LogP contribution in [0, 0.1) is 0 Å². The van der Waals surface area contributed by atoms with Gasteiger partial charge in [-0.05, 0) is 6.92 Å². The lowest BCUT2D eigenvalue weighted by Crippen LogP contribution is -2.18. The molecule has 66 valence electrons. The lowest BCUT2D eigenvalue weighted by atomic mass is 10.4. The highest BCUT2D eigenvalue weighted by Gasteiger charge is 1.99. The van der Waals surface area contributed by atoms with E-state index in [0.717, 1.165) is 0 Å². The standard InChI is InChI=1S/C7H15NO3/c1-2-10-5-7(9)6-11-4-3-8/h2-6,8H2,1H3. The van der Waals surface area contributed by atoms with Gasteiger partial charge in [0, 0.05) is 13.2 Å². The van der Waals surface area contributed by atoms with Gasteiger partial charge in [0.15, 0.2) is 5.78 Å². The predicted molar refractivity (Wildman–Crippen MR) is 41.4 cm³/mol. The van der Waals surface area contributed by atoms with E-state index in [1.807, 2.05) is 6.92 Å². The minimum Gasteiger partial charge on any atom is -0.374 e. The predicted octanol–water partition coefficient (Wildman–Crippen LogP) is -0.433. The molecule has 4 heteroatoms. The first-order valence-electron chi connectivity index (χ1n) is 3.68. The van der Waals surface area contributed by atoms with Crippen molar-refractivity contribution in [3.63, 3.8) is 0 Å². The van der Waals surface area contributed by atoms with Crippen molar-refractivity contribution in [3.05, 3.63) is 0 Å². The largest absolute Gasteiger partial charge is 0.374 e. The zero-order chi connectivity index (χ0) is 8.53. The van der Waals surface area contributed by atoms with E-state index in [1.54, 1.807) is 0 Å². The Balaban J connectivity index is 3.09. The van der Waals surface area contributed by atoms with Gasteiger partial charge in [0.25, 0.3) is 0 Å². The van der Waals surface area contributed by atoms with Gasteiger partial charge in [0.2, 0.25) is 0 Å². The van der Waals surface area contributed by atoms with Crippen LogP contribution in [0.25, 0.3) is 0 Å². The van der Waals surface area contributed by atoms with E-state index in [4.69, 9.17) is 15.2 Å². The van der Waals surface area contributed by atoms with E-state index < -0.39 is 0 Å². The lowest BCUT2D eigenvalue weighted by Gasteiger charge is -2.01. The highest BCUT2D eigenvalue weighted by Crippen LogP contribution is 1.79. The molecule has 4 nitrogen and oxygen atoms in total. The quantitative estimate of drug-likeness (QED) is 0.514. The van der Waals surface area contributed by atoms with Gasteiger partial charge in [0.05, 0.1) is 6.61 Å². The maximum absolute atomic E-state index is 10.8. The van der Waals surface area contributed by atoms with Crippen molar-refractivity contribution < 1.29 is 14.3 Å². The average Bonchev–Trinajstić information content (AvgIpc) is 2.01. The van der Waals surface area contributed by atoms with Crippen LogP contribution in [-0.4, -0.2) is 38.8 Å². The number of hydrogen-bond donors (Lipinski definition) is 1. The highest BCUT2D eigenvalue weighted by atomic mass is 16.5. The number of ketones is 1. The number of nitrogens with two attached hydrogens (primary N) is 1. The maximum atomic E-state index is 10.8. The van der Waals surface area contributed by atoms with E-state index in [-0.39, 0.29) is 19.0 Å². The second-order valence-corrected chi connectivity index (χ2v) is 2.02. The molecule has 0 aromatic heterocycles. The van der Waals surface area contributed by atoms with E-state index in [0.29, 0.717) is 19.8 Å². The Kier molecular flexibility index (Phi) is 7.34. The summed E-state index contributed by atoms with van der Waals surface area (Å²) in [5, 5.41) is 0. The van der Waals surface area contributed by atoms with E-state index >= 15 is 0 Å². The number of Topliss-reactive ketones (excluding diaryl/α,β-unsaturated/α-hetero) is 1. The van der Waals surface area contributed by atoms with Crippen LogP contribution in [0.2, 0.25) is 0 Å². The third kappa shape index (κ3) is 7.45. The molecule has 0 rings (SSSR count). The molecule has 0 aromatic rings. The molecule has 0 atom stereocenters. The molecule has 2 N–H and O–H groups in total. The van der Waals surface area contributed by atoms with Crippen LogP contribution in [0.3, 0.4) is 0 Å². The number of carbonyl (C=O) groups excluding carboxylic acids is 1. The molecule has 0 heterocycles. The van der Waals surface area contributed by atoms with Gasteiger partial charge in [-0.1, -0.05) is 0 Å². The SMILES string of the molecule is CCOCC(=O)COCCN. The molecule has 0 aromatic carbocycles. The van der Waals surface area contributed by atoms with E-state index in [1.165, 1.54) is 0 Å². The van der Waals surface area contributed by atoms with Crippen LogP contribution in [0.1, 0.15) is 6.92 Å². The summed E-state index contributed by atoms with van der Waals surface area (Å²) in [6, 6.07) is 0. The van der Waals surface area contributed by atoms with Crippen molar-refractivity contribution >= 4 is 5.78 Å². The summed E-state index contributed by atoms with van der Waals surface area (Å²) in [6.45, 7) is 3.52. The van der Waals surface area contributed by atoms with Crippen molar-refractivity contribution in [2.75, 3.05) is 33.0 Å². The van der Waals surface area contributed by atoms with Gasteiger partial charge in [-0.3, -0.25) is 4.79 Å². The monoisotopic (exact) mass is 161 g/mol. The van der Waals surface area contributed by atoms with E-state index in [9.17, 15) is 4.79 Å². The first-order chi connectivity index (χ1) is 5.31. The zero-order valence-electron chi connectivity index (χ0n) is 6.84. The van der Waals surface area contributed by atoms with Crippen molar-refractivity contribution in [1.82, 2.24) is 0 Å². The van der Waals surface area contributed by atoms with Crippen molar-refractivity contribution in [1.29, 1.82) is 0 Å². The molecule has 0 aliphatic carbocycles. The summed E-state index contributed by atoms with van der Waals surface area (Å²) in [7, 11) is 0. The van der Waals surface area contributed by atoms with E-state index in [2.05, 4.69) is 0 Å². The van der Waals surface area contributed by atoms with Crippen LogP contribution in [0.4, 0.5) is 0 Å². The Morgan fingerprint density at radius 2 is 2.00 bits per heavy atom. The first kappa shape index (κ1) is 10.6. The van der Waals surface area contributed by atoms with Crippen LogP contribution in [0.15, 0.2) is 0 Å². The Morgan fingerprint density at radius 3 is 2.55 bits per heavy atom. The van der Waals surface area contributed by atoms with Crippen LogP contribution in [0.5, 0.6) is 0 Å². The lowest BCUT2D eigenvalue weighted by molar-refractivity contribution is -0.127. The molecular formula is C7H15NO3. The number of ether oxygens (including phenoxy) is 2. The van der Waals surface area contributed by atoms with Gasteiger partial charge in [-0.25, -0.2) is 0 Å². The Bertz CT molecular complexity index is 106. The Labute approximate surface area is 66.7 Å². The molecule has 0 bridgehead atoms. The summed E-state index contributed by atoms with van der Waals surface area (Å²) >= 11 is 0. The fourth-order valence-corrected chi connectivity index (χ4v) is 0.527. The minimum atomic E-state index is -0.0414. The van der Waals surface area contributed by atoms with Crippen LogP contribution >= 0.6 is 0 Å². The smallest absolute Gasteiger partial charge is 0.183 e. The van der Waals surface area contributed by atoms with Gasteiger partial charge in [0.1, 0.15) is 13.2 Å². The molecule has 0 aliphatic heterocycles. The van der Waals surface area contributed by atoms with Crippen LogP contribution in [-0.2, 0) is 14.3 Å². The highest BCUT2D eigenvalue weighted by molar-refractivity contribution is 5.80. The molecule has 0 saturated heterocycles. The molecule has 11 heavy (non-hydrogen) atoms. The third-order valence-corrected chi connectivity index (χ3v) is 0.992. The summed E-state index contributed by atoms with van der Waals surface area (Å²) < 4.78 is 9.75. The minimum absolute atomic E-state index is 0.0414. The summed E-state index contributed by atoms with van der Waals surface area (Å²) in [5.74, 6) is -0.0414. The summed E-state index contributed by atoms with van der Waals surface area (Å²) in [5.41, 5.74) is 5.15. The number of rotatable bonds is 7. The van der Waals surface area contributed by atoms with Gasteiger partial charge in [-0.15, -0.1) is 0 Å². The molecule has 0 spiro atoms. The summed E-state index contributed by atoms with van der Waals surface area (Å²) in [6.07, 6.45) is 0. The Morgan fingerprint density at radius 1 is 1.36 bits per heavy atom. The number of hydrogen-bond acceptors (Lipinski definition) is 4. The average molecular weight is 161 g/mol. The van der Waals surface area contributed by atoms with Crippen molar-refractivity contribution in [2.45, 2.75) is 6.92 Å². The fraction of sp³-hybridized carbons (Fsp3) is 0.857. The normalized spacial score (nSPS) is 10.0. The zero-order valence-corrected chi connectivity index (χ0v) is 6.84. The molecule has 0 unspecified atom stereocenters. The van der Waals surface area contributed by atoms with Gasteiger partial charge in [-0.2, -0.15) is 0 Å². The molecular weight excluding hydrogens is 146 g/mol. The molecule has 0 saturated carbocycles. The number of carbonyl (C=O) groups is 1. The Hall–Kier alpha value is -0.450. The topological polar surface area (TPSA) is 61.5 Å². The fourth-order valence-electron chi connectivity index (χ4n) is 0.527. The molecule has 0 amide bonds. The molecule has 0 aliphatic rings. The second-order valence-electron chi connectivity index (χ2n) is 2.02. The van der Waals surface area contributed by atoms with Crippen molar-refractivity contribution in [3.8, 4) is 0 Å². The second kappa shape index (κ2) is 7.65. The molecule has 0 radical (unpaired) electrons. The van der Waals surface area contributed by atoms with Crippen LogP contribution < -0.4 is 5.73 Å². The van der Waals surface area contributed by atoms with Gasteiger partial charge >= 0.3 is 0 Å².